The zero-order valence-corrected chi connectivity index (χ0v) is 11.8. The summed E-state index contributed by atoms with van der Waals surface area (Å²) in [5.41, 5.74) is 0. The molecule has 0 bridgehead atoms. The molecule has 1 aliphatic rings. The Labute approximate surface area is 109 Å². The van der Waals surface area contributed by atoms with E-state index in [1.54, 1.807) is 0 Å². The van der Waals surface area contributed by atoms with Gasteiger partial charge in [0.2, 0.25) is 0 Å². The summed E-state index contributed by atoms with van der Waals surface area (Å²) in [6.45, 7) is -0.152. The molecule has 1 aliphatic heterocycles. The SMILES string of the molecule is O=C(O)C(CN1CCCCC1)(P(=O)(O)O)P(=O)(O)O. The van der Waals surface area contributed by atoms with Gasteiger partial charge in [0, 0.05) is 6.54 Å². The summed E-state index contributed by atoms with van der Waals surface area (Å²) in [6.07, 6.45) is 2.28. The maximum Gasteiger partial charge on any atom is 0.356 e. The van der Waals surface area contributed by atoms with Gasteiger partial charge in [0.15, 0.2) is 0 Å². The standard InChI is InChI=1S/C8H17NO8P2/c10-7(11)8(18(12,13)14,19(15,16)17)6-9-4-2-1-3-5-9/h1-6H2,(H,10,11)(H2,12,13,14)(H2,15,16,17). The van der Waals surface area contributed by atoms with Crippen LogP contribution in [0.15, 0.2) is 0 Å². The number of piperidine rings is 1. The summed E-state index contributed by atoms with van der Waals surface area (Å²) in [7, 11) is -11.1. The lowest BCUT2D eigenvalue weighted by molar-refractivity contribution is -0.139. The monoisotopic (exact) mass is 317 g/mol. The molecule has 0 aromatic carbocycles. The number of aliphatic carboxylic acids is 1. The minimum Gasteiger partial charge on any atom is -0.480 e. The molecule has 0 spiro atoms. The van der Waals surface area contributed by atoms with Crippen molar-refractivity contribution in [2.24, 2.45) is 0 Å². The Morgan fingerprint density at radius 2 is 1.42 bits per heavy atom. The number of nitrogens with zero attached hydrogens (tertiary/aromatic N) is 1. The Bertz CT molecular complexity index is 412. The summed E-state index contributed by atoms with van der Waals surface area (Å²) < 4.78 is 22.8. The van der Waals surface area contributed by atoms with Crippen LogP contribution in [0.25, 0.3) is 0 Å². The predicted molar refractivity (Wildman–Crippen MR) is 64.7 cm³/mol. The number of rotatable bonds is 5. The van der Waals surface area contributed by atoms with Gasteiger partial charge in [-0.15, -0.1) is 0 Å². The van der Waals surface area contributed by atoms with Gasteiger partial charge in [-0.25, -0.2) is 0 Å². The molecule has 11 heteroatoms. The molecule has 5 N–H and O–H groups in total. The first-order valence-electron chi connectivity index (χ1n) is 5.59. The molecule has 0 atom stereocenters. The average Bonchev–Trinajstić information content (AvgIpc) is 2.23. The Kier molecular flexibility index (Phi) is 4.96. The van der Waals surface area contributed by atoms with Gasteiger partial charge in [0.25, 0.3) is 4.90 Å². The molecule has 0 aliphatic carbocycles. The maximum absolute atomic E-state index is 11.4. The predicted octanol–water partition coefficient (Wildman–Crippen LogP) is -0.391. The second-order valence-corrected chi connectivity index (χ2v) is 8.60. The van der Waals surface area contributed by atoms with Crippen LogP contribution in [0.4, 0.5) is 0 Å². The Morgan fingerprint density at radius 3 is 1.74 bits per heavy atom. The van der Waals surface area contributed by atoms with Crippen LogP contribution in [-0.2, 0) is 13.9 Å². The number of carboxylic acid groups (broad SMARTS) is 1. The second-order valence-electron chi connectivity index (χ2n) is 4.55. The third-order valence-corrected chi connectivity index (χ3v) is 7.36. The number of hydrogen-bond donors (Lipinski definition) is 5. The highest BCUT2D eigenvalue weighted by molar-refractivity contribution is 7.74. The molecule has 19 heavy (non-hydrogen) atoms. The van der Waals surface area contributed by atoms with Crippen LogP contribution in [-0.4, -0.2) is 60.1 Å². The van der Waals surface area contributed by atoms with Crippen molar-refractivity contribution < 1.29 is 38.6 Å². The minimum absolute atomic E-state index is 0.356. The lowest BCUT2D eigenvalue weighted by Crippen LogP contribution is -2.49. The van der Waals surface area contributed by atoms with Crippen molar-refractivity contribution in [3.8, 4) is 0 Å². The van der Waals surface area contributed by atoms with Crippen LogP contribution in [0.2, 0.25) is 0 Å². The molecule has 112 valence electrons. The smallest absolute Gasteiger partial charge is 0.356 e. The molecule has 1 saturated heterocycles. The van der Waals surface area contributed by atoms with Crippen molar-refractivity contribution >= 4 is 21.2 Å². The molecule has 1 heterocycles. The molecule has 1 fully saturated rings. The average molecular weight is 317 g/mol. The first-order valence-corrected chi connectivity index (χ1v) is 8.82. The van der Waals surface area contributed by atoms with E-state index >= 15 is 0 Å². The van der Waals surface area contributed by atoms with Crippen LogP contribution in [0.1, 0.15) is 19.3 Å². The number of hydrogen-bond acceptors (Lipinski definition) is 4. The van der Waals surface area contributed by atoms with E-state index in [0.717, 1.165) is 6.42 Å². The van der Waals surface area contributed by atoms with E-state index in [0.29, 0.717) is 25.9 Å². The third-order valence-electron chi connectivity index (χ3n) is 3.20. The van der Waals surface area contributed by atoms with Crippen LogP contribution in [0.3, 0.4) is 0 Å². The van der Waals surface area contributed by atoms with Gasteiger partial charge in [-0.2, -0.15) is 0 Å². The molecule has 0 unspecified atom stereocenters. The summed E-state index contributed by atoms with van der Waals surface area (Å²) in [4.78, 5) is 45.9. The van der Waals surface area contributed by atoms with E-state index in [-0.39, 0.29) is 0 Å². The molecule has 1 rings (SSSR count). The molecular formula is C8H17NO8P2. The van der Waals surface area contributed by atoms with Gasteiger partial charge in [0.05, 0.1) is 0 Å². The zero-order valence-electron chi connectivity index (χ0n) is 10.0. The van der Waals surface area contributed by atoms with E-state index in [1.165, 1.54) is 4.90 Å². The van der Waals surface area contributed by atoms with Gasteiger partial charge in [-0.3, -0.25) is 13.9 Å². The molecule has 0 aromatic rings. The third kappa shape index (κ3) is 3.25. The Balaban J connectivity index is 3.21. The zero-order chi connectivity index (χ0) is 14.9. The van der Waals surface area contributed by atoms with Gasteiger partial charge in [0.1, 0.15) is 0 Å². The van der Waals surface area contributed by atoms with E-state index in [9.17, 15) is 33.5 Å². The van der Waals surface area contributed by atoms with Crippen molar-refractivity contribution in [1.29, 1.82) is 0 Å². The first-order chi connectivity index (χ1) is 8.52. The van der Waals surface area contributed by atoms with E-state index in [2.05, 4.69) is 0 Å². The van der Waals surface area contributed by atoms with Crippen molar-refractivity contribution in [1.82, 2.24) is 4.90 Å². The van der Waals surface area contributed by atoms with E-state index in [1.807, 2.05) is 0 Å². The maximum atomic E-state index is 11.4. The largest absolute Gasteiger partial charge is 0.480 e. The molecule has 0 radical (unpaired) electrons. The van der Waals surface area contributed by atoms with Crippen molar-refractivity contribution in [3.05, 3.63) is 0 Å². The molecule has 0 aromatic heterocycles. The van der Waals surface area contributed by atoms with Crippen LogP contribution >= 0.6 is 15.2 Å². The quantitative estimate of drug-likeness (QED) is 0.426. The van der Waals surface area contributed by atoms with Crippen LogP contribution < -0.4 is 0 Å². The van der Waals surface area contributed by atoms with Crippen molar-refractivity contribution in [2.75, 3.05) is 19.6 Å². The summed E-state index contributed by atoms with van der Waals surface area (Å²) in [6, 6.07) is 0. The van der Waals surface area contributed by atoms with Crippen molar-refractivity contribution in [2.45, 2.75) is 24.2 Å². The molecule has 9 nitrogen and oxygen atoms in total. The highest BCUT2D eigenvalue weighted by atomic mass is 31.2. The first kappa shape index (κ1) is 16.8. The summed E-state index contributed by atoms with van der Waals surface area (Å²) in [5, 5.41) is 9.01. The summed E-state index contributed by atoms with van der Waals surface area (Å²) in [5.74, 6) is -2.18. The van der Waals surface area contributed by atoms with Crippen LogP contribution in [0, 0.1) is 0 Å². The van der Waals surface area contributed by atoms with Gasteiger partial charge in [-0.1, -0.05) is 6.42 Å². The van der Waals surface area contributed by atoms with Gasteiger partial charge in [-0.05, 0) is 25.9 Å². The van der Waals surface area contributed by atoms with Crippen LogP contribution in [0.5, 0.6) is 0 Å². The minimum atomic E-state index is -5.56. The Morgan fingerprint density at radius 1 is 1.00 bits per heavy atom. The molecule has 0 saturated carbocycles. The number of carboxylic acids is 1. The highest BCUT2D eigenvalue weighted by Gasteiger charge is 2.67. The van der Waals surface area contributed by atoms with Gasteiger partial charge >= 0.3 is 21.2 Å². The lowest BCUT2D eigenvalue weighted by atomic mass is 10.1. The molecular weight excluding hydrogens is 300 g/mol. The van der Waals surface area contributed by atoms with E-state index in [4.69, 9.17) is 5.11 Å². The summed E-state index contributed by atoms with van der Waals surface area (Å²) >= 11 is 0. The fourth-order valence-corrected chi connectivity index (χ4v) is 4.72. The fraction of sp³-hybridized carbons (Fsp3) is 0.875. The molecule has 0 amide bonds. The Hall–Kier alpha value is -0.270. The van der Waals surface area contributed by atoms with Gasteiger partial charge < -0.3 is 29.6 Å². The number of carbonyl (C=O) groups is 1. The normalized spacial score (nSPS) is 19.4. The fourth-order valence-electron chi connectivity index (χ4n) is 2.10. The lowest BCUT2D eigenvalue weighted by Gasteiger charge is -2.36. The second kappa shape index (κ2) is 5.61. The number of likely N-dealkylation sites (tertiary alicyclic amines) is 1. The topological polar surface area (TPSA) is 156 Å². The van der Waals surface area contributed by atoms with Crippen molar-refractivity contribution in [3.63, 3.8) is 0 Å². The van der Waals surface area contributed by atoms with E-state index < -0.39 is 32.6 Å². The highest BCUT2D eigenvalue weighted by Crippen LogP contribution is 2.69.